The molecule has 1 aliphatic carbocycles. The lowest BCUT2D eigenvalue weighted by atomic mass is 9.82. The molecule has 0 atom stereocenters. The lowest BCUT2D eigenvalue weighted by Gasteiger charge is -2.30. The molecule has 0 saturated heterocycles. The maximum absolute atomic E-state index is 6.63. The van der Waals surface area contributed by atoms with Crippen molar-refractivity contribution in [2.24, 2.45) is 0 Å². The first-order valence-electron chi connectivity index (χ1n) is 22.8. The monoisotopic (exact) mass is 845 g/mol. The van der Waals surface area contributed by atoms with E-state index in [9.17, 15) is 0 Å². The van der Waals surface area contributed by atoms with Crippen LogP contribution in [0.15, 0.2) is 233 Å². The van der Waals surface area contributed by atoms with E-state index in [1.807, 2.05) is 12.1 Å². The molecule has 2 aromatic heterocycles. The van der Waals surface area contributed by atoms with Gasteiger partial charge in [0, 0.05) is 54.9 Å². The Morgan fingerprint density at radius 1 is 0.318 bits per heavy atom. The summed E-state index contributed by atoms with van der Waals surface area (Å²) in [6.45, 7) is 4.71. The fourth-order valence-electron chi connectivity index (χ4n) is 10.9. The third-order valence-corrected chi connectivity index (χ3v) is 13.9. The summed E-state index contributed by atoms with van der Waals surface area (Å²) in [5, 5.41) is 4.39. The summed E-state index contributed by atoms with van der Waals surface area (Å²) in [6, 6.07) is 80.9. The van der Waals surface area contributed by atoms with Crippen LogP contribution in [0.2, 0.25) is 0 Å². The molecule has 0 N–H and O–H groups in total. The number of fused-ring (bicyclic) bond motifs is 9. The molecule has 0 aliphatic heterocycles. The van der Waals surface area contributed by atoms with Gasteiger partial charge in [-0.05, 0) is 105 Å². The van der Waals surface area contributed by atoms with Crippen LogP contribution in [0.3, 0.4) is 0 Å². The largest absolute Gasteiger partial charge is 0.456 e. The highest BCUT2D eigenvalue weighted by molar-refractivity contribution is 6.20. The molecule has 2 heterocycles. The van der Waals surface area contributed by atoms with E-state index < -0.39 is 0 Å². The summed E-state index contributed by atoms with van der Waals surface area (Å²) in [4.78, 5) is 2.48. The highest BCUT2D eigenvalue weighted by Gasteiger charge is 2.38. The molecule has 3 nitrogen and oxygen atoms in total. The topological polar surface area (TPSA) is 29.5 Å². The first-order chi connectivity index (χ1) is 32.5. The van der Waals surface area contributed by atoms with E-state index >= 15 is 0 Å². The Kier molecular flexibility index (Phi) is 8.56. The van der Waals surface area contributed by atoms with Crippen molar-refractivity contribution in [3.05, 3.63) is 236 Å². The molecule has 0 unspecified atom stereocenters. The molecule has 12 aromatic rings. The molecule has 0 saturated carbocycles. The van der Waals surface area contributed by atoms with E-state index in [-0.39, 0.29) is 5.41 Å². The fourth-order valence-corrected chi connectivity index (χ4v) is 10.9. The molecule has 0 amide bonds. The van der Waals surface area contributed by atoms with Crippen LogP contribution in [-0.4, -0.2) is 0 Å². The predicted molar refractivity (Wildman–Crippen MR) is 275 cm³/mol. The number of nitrogens with zero attached hydrogens (tertiary/aromatic N) is 1. The molecule has 10 aromatic carbocycles. The van der Waals surface area contributed by atoms with Crippen molar-refractivity contribution < 1.29 is 8.83 Å². The van der Waals surface area contributed by atoms with Gasteiger partial charge in [0.1, 0.15) is 22.3 Å². The zero-order chi connectivity index (χ0) is 43.9. The Morgan fingerprint density at radius 3 is 1.44 bits per heavy atom. The fraction of sp³-hybridized carbons (Fsp3) is 0.0476. The zero-order valence-electron chi connectivity index (χ0n) is 36.6. The van der Waals surface area contributed by atoms with Gasteiger partial charge in [0.15, 0.2) is 0 Å². The number of para-hydroxylation sites is 3. The summed E-state index contributed by atoms with van der Waals surface area (Å²) < 4.78 is 13.2. The number of hydrogen-bond acceptors (Lipinski definition) is 3. The van der Waals surface area contributed by atoms with Gasteiger partial charge in [0.2, 0.25) is 0 Å². The van der Waals surface area contributed by atoms with Crippen LogP contribution in [0.4, 0.5) is 17.1 Å². The minimum atomic E-state index is -0.150. The number of hydrogen-bond donors (Lipinski definition) is 0. The second kappa shape index (κ2) is 14.8. The second-order valence-corrected chi connectivity index (χ2v) is 17.9. The summed E-state index contributed by atoms with van der Waals surface area (Å²) in [6.07, 6.45) is 0. The maximum Gasteiger partial charge on any atom is 0.136 e. The van der Waals surface area contributed by atoms with Gasteiger partial charge >= 0.3 is 0 Å². The molecule has 1 aliphatic rings. The minimum Gasteiger partial charge on any atom is -0.456 e. The Hall–Kier alpha value is -8.40. The highest BCUT2D eigenvalue weighted by atomic mass is 16.3. The van der Waals surface area contributed by atoms with E-state index in [0.29, 0.717) is 0 Å². The van der Waals surface area contributed by atoms with E-state index in [4.69, 9.17) is 8.83 Å². The van der Waals surface area contributed by atoms with Crippen molar-refractivity contribution in [2.75, 3.05) is 4.90 Å². The van der Waals surface area contributed by atoms with Gasteiger partial charge in [-0.1, -0.05) is 178 Å². The van der Waals surface area contributed by atoms with Gasteiger partial charge < -0.3 is 13.7 Å². The molecule has 0 bridgehead atoms. The molecule has 312 valence electrons. The summed E-state index contributed by atoms with van der Waals surface area (Å²) >= 11 is 0. The Morgan fingerprint density at radius 2 is 0.803 bits per heavy atom. The number of anilines is 3. The number of rotatable bonds is 7. The number of furan rings is 2. The molecule has 3 heteroatoms. The quantitative estimate of drug-likeness (QED) is 0.160. The van der Waals surface area contributed by atoms with Crippen LogP contribution in [0.1, 0.15) is 25.0 Å². The van der Waals surface area contributed by atoms with Crippen LogP contribution in [0.5, 0.6) is 0 Å². The average Bonchev–Trinajstić information content (AvgIpc) is 4.02. The minimum absolute atomic E-state index is 0.150. The molecule has 66 heavy (non-hydrogen) atoms. The van der Waals surface area contributed by atoms with Crippen molar-refractivity contribution in [1.82, 2.24) is 0 Å². The third-order valence-electron chi connectivity index (χ3n) is 13.9. The summed E-state index contributed by atoms with van der Waals surface area (Å²) in [5.74, 6) is 0. The molecule has 13 rings (SSSR count). The highest BCUT2D eigenvalue weighted by Crippen LogP contribution is 2.55. The smallest absolute Gasteiger partial charge is 0.136 e. The van der Waals surface area contributed by atoms with E-state index in [2.05, 4.69) is 231 Å². The van der Waals surface area contributed by atoms with Crippen LogP contribution in [0, 0.1) is 0 Å². The SMILES string of the molecule is CC1(C)c2ccccc2-c2c(N(c3ccc(-c4c(-c5ccc6oc7ccccc7c6c5-c5ccccc5)ccc5oc6ccccc6c45)cc3)c3ccccc3-c3ccccc3)cccc21. The van der Waals surface area contributed by atoms with E-state index in [0.717, 1.165) is 99.9 Å². The Labute approximate surface area is 383 Å². The lowest BCUT2D eigenvalue weighted by Crippen LogP contribution is -2.16. The Balaban J connectivity index is 1.07. The first-order valence-corrected chi connectivity index (χ1v) is 22.8. The van der Waals surface area contributed by atoms with Crippen molar-refractivity contribution in [1.29, 1.82) is 0 Å². The molecule has 0 fully saturated rings. The number of benzene rings is 10. The second-order valence-electron chi connectivity index (χ2n) is 17.9. The van der Waals surface area contributed by atoms with Crippen molar-refractivity contribution in [2.45, 2.75) is 19.3 Å². The van der Waals surface area contributed by atoms with Gasteiger partial charge in [0.25, 0.3) is 0 Å². The van der Waals surface area contributed by atoms with Gasteiger partial charge in [0.05, 0.1) is 11.4 Å². The van der Waals surface area contributed by atoms with Crippen LogP contribution < -0.4 is 4.90 Å². The van der Waals surface area contributed by atoms with Crippen molar-refractivity contribution >= 4 is 60.9 Å². The predicted octanol–water partition coefficient (Wildman–Crippen LogP) is 17.9. The van der Waals surface area contributed by atoms with E-state index in [1.165, 1.54) is 27.8 Å². The molecular formula is C63H43NO2. The van der Waals surface area contributed by atoms with Crippen LogP contribution >= 0.6 is 0 Å². The van der Waals surface area contributed by atoms with Gasteiger partial charge in [-0.15, -0.1) is 0 Å². The zero-order valence-corrected chi connectivity index (χ0v) is 36.6. The van der Waals surface area contributed by atoms with Crippen LogP contribution in [0.25, 0.3) is 99.5 Å². The van der Waals surface area contributed by atoms with E-state index in [1.54, 1.807) is 0 Å². The molecule has 0 radical (unpaired) electrons. The van der Waals surface area contributed by atoms with Gasteiger partial charge in [-0.25, -0.2) is 0 Å². The maximum atomic E-state index is 6.63. The third kappa shape index (κ3) is 5.76. The van der Waals surface area contributed by atoms with Gasteiger partial charge in [-0.2, -0.15) is 0 Å². The molecule has 0 spiro atoms. The van der Waals surface area contributed by atoms with Crippen molar-refractivity contribution in [3.8, 4) is 55.6 Å². The van der Waals surface area contributed by atoms with Crippen LogP contribution in [-0.2, 0) is 5.41 Å². The normalized spacial score (nSPS) is 12.8. The first kappa shape index (κ1) is 38.1. The standard InChI is InChI=1S/C63H43NO2/c1-63(2)50-26-13-9-23-47(50)60-51(63)27-17-29-53(60)64(52-28-14-10-22-44(52)40-18-5-3-6-19-40)43-34-32-42(33-35-43)59-46(37-39-57-62(59)49-25-12-16-31-55(49)66-57)45-36-38-56-61(48-24-11-15-30-54(48)65-56)58(45)41-20-7-4-8-21-41/h3-39H,1-2H3. The molecular weight excluding hydrogens is 803 g/mol. The van der Waals surface area contributed by atoms with Crippen molar-refractivity contribution in [3.63, 3.8) is 0 Å². The van der Waals surface area contributed by atoms with Gasteiger partial charge in [-0.3, -0.25) is 0 Å². The average molecular weight is 846 g/mol. The Bertz CT molecular complexity index is 3840. The lowest BCUT2D eigenvalue weighted by molar-refractivity contribution is 0.660. The summed E-state index contributed by atoms with van der Waals surface area (Å²) in [7, 11) is 0. The summed E-state index contributed by atoms with van der Waals surface area (Å²) in [5.41, 5.74) is 21.0.